The Kier molecular flexibility index (Phi) is 6.87. The van der Waals surface area contributed by atoms with Gasteiger partial charge >= 0.3 is 42.0 Å². The van der Waals surface area contributed by atoms with Gasteiger partial charge in [0.2, 0.25) is 0 Å². The van der Waals surface area contributed by atoms with Crippen molar-refractivity contribution in [3.63, 3.8) is 0 Å². The number of aliphatic hydroxyl groups is 1. The molecule has 33 heavy (non-hydrogen) atoms. The first-order valence-electron chi connectivity index (χ1n) is 8.03. The fourth-order valence-corrected chi connectivity index (χ4v) is 2.43. The minimum Gasteiger partial charge on any atom is -0.376 e. The van der Waals surface area contributed by atoms with E-state index in [9.17, 15) is 75.4 Å². The summed E-state index contributed by atoms with van der Waals surface area (Å²) in [6, 6.07) is 1.85. The van der Waals surface area contributed by atoms with Crippen LogP contribution in [0.4, 0.5) is 70.2 Å². The van der Waals surface area contributed by atoms with Crippen LogP contribution in [-0.4, -0.2) is 47.1 Å². The van der Waals surface area contributed by atoms with Crippen LogP contribution in [0, 0.1) is 6.92 Å². The van der Waals surface area contributed by atoms with Crippen LogP contribution >= 0.6 is 0 Å². The molecule has 0 saturated carbocycles. The summed E-state index contributed by atoms with van der Waals surface area (Å²) in [5.74, 6) is -39.6. The summed E-state index contributed by atoms with van der Waals surface area (Å²) in [6.45, 7) is 1.21. The number of alkyl halides is 16. The van der Waals surface area contributed by atoms with E-state index >= 15 is 0 Å². The van der Waals surface area contributed by atoms with Gasteiger partial charge in [-0.2, -0.15) is 70.2 Å². The molecule has 0 aromatic heterocycles. The van der Waals surface area contributed by atoms with Gasteiger partial charge in [-0.25, -0.2) is 0 Å². The van der Waals surface area contributed by atoms with E-state index < -0.39 is 59.6 Å². The van der Waals surface area contributed by atoms with Gasteiger partial charge in [0.1, 0.15) is 0 Å². The van der Waals surface area contributed by atoms with E-state index in [1.54, 1.807) is 0 Å². The van der Waals surface area contributed by atoms with Gasteiger partial charge in [0.05, 0.1) is 6.42 Å². The van der Waals surface area contributed by atoms with Crippen molar-refractivity contribution in [1.29, 1.82) is 0 Å². The lowest BCUT2D eigenvalue weighted by atomic mass is 9.82. The van der Waals surface area contributed by atoms with Gasteiger partial charge in [0.25, 0.3) is 0 Å². The zero-order valence-corrected chi connectivity index (χ0v) is 15.5. The van der Waals surface area contributed by atoms with E-state index in [0.717, 1.165) is 0 Å². The van der Waals surface area contributed by atoms with E-state index in [1.165, 1.54) is 6.92 Å². The molecule has 0 bridgehead atoms. The van der Waals surface area contributed by atoms with Crippen molar-refractivity contribution in [2.45, 2.75) is 60.9 Å². The molecule has 0 heterocycles. The number of hydrogen-bond acceptors (Lipinski definition) is 1. The smallest absolute Gasteiger partial charge is 0.376 e. The van der Waals surface area contributed by atoms with Crippen molar-refractivity contribution in [2.75, 3.05) is 0 Å². The molecule has 1 N–H and O–H groups in total. The number of benzene rings is 1. The Morgan fingerprint density at radius 1 is 0.545 bits per heavy atom. The molecule has 0 fully saturated rings. The van der Waals surface area contributed by atoms with Crippen LogP contribution < -0.4 is 0 Å². The van der Waals surface area contributed by atoms with Crippen LogP contribution in [0.2, 0.25) is 0 Å². The third kappa shape index (κ3) is 4.32. The molecule has 192 valence electrons. The van der Waals surface area contributed by atoms with Crippen LogP contribution in [0.5, 0.6) is 0 Å². The van der Waals surface area contributed by atoms with Crippen LogP contribution in [0.1, 0.15) is 17.5 Å². The first-order chi connectivity index (χ1) is 14.2. The summed E-state index contributed by atoms with van der Waals surface area (Å²) in [5, 5.41) is 9.67. The van der Waals surface area contributed by atoms with Crippen molar-refractivity contribution in [3.05, 3.63) is 35.4 Å². The molecule has 17 heteroatoms. The van der Waals surface area contributed by atoms with Crippen molar-refractivity contribution in [3.8, 4) is 0 Å². The molecule has 1 atom stereocenters. The largest absolute Gasteiger partial charge is 0.460 e. The highest BCUT2D eigenvalue weighted by Crippen LogP contribution is 2.62. The first-order valence-corrected chi connectivity index (χ1v) is 8.03. The van der Waals surface area contributed by atoms with Crippen molar-refractivity contribution < 1.29 is 75.4 Å². The molecule has 1 rings (SSSR count). The molecular formula is C16H10F16O. The predicted molar refractivity (Wildman–Crippen MR) is 76.5 cm³/mol. The average molecular weight is 522 g/mol. The molecule has 1 nitrogen and oxygen atoms in total. The standard InChI is InChI=1S/C16H10F16O/c1-7-2-4-8(5-3-7)9(33,15(27,28)29)6-10(17,18)11(19,20)12(21,22)13(23,24)14(25,26)16(30,31)32/h2-5,33H,6H2,1H3. The quantitative estimate of drug-likeness (QED) is 0.388. The van der Waals surface area contributed by atoms with Gasteiger partial charge in [-0.15, -0.1) is 0 Å². The molecule has 0 amide bonds. The van der Waals surface area contributed by atoms with E-state index in [-0.39, 0.29) is 17.7 Å². The number of halogens is 16. The lowest BCUT2D eigenvalue weighted by Gasteiger charge is -2.42. The topological polar surface area (TPSA) is 20.2 Å². The van der Waals surface area contributed by atoms with Crippen LogP contribution in [-0.2, 0) is 5.60 Å². The van der Waals surface area contributed by atoms with Gasteiger partial charge in [-0.3, -0.25) is 0 Å². The van der Waals surface area contributed by atoms with Gasteiger partial charge in [-0.1, -0.05) is 29.8 Å². The van der Waals surface area contributed by atoms with E-state index in [0.29, 0.717) is 12.1 Å². The van der Waals surface area contributed by atoms with Crippen molar-refractivity contribution in [2.24, 2.45) is 0 Å². The Morgan fingerprint density at radius 3 is 1.24 bits per heavy atom. The normalized spacial score (nSPS) is 17.2. The molecular weight excluding hydrogens is 512 g/mol. The molecule has 0 radical (unpaired) electrons. The third-order valence-electron chi connectivity index (χ3n) is 4.47. The second-order valence-corrected chi connectivity index (χ2v) is 6.90. The Balaban J connectivity index is 3.65. The van der Waals surface area contributed by atoms with Crippen LogP contribution in [0.15, 0.2) is 24.3 Å². The molecule has 1 aromatic rings. The zero-order valence-electron chi connectivity index (χ0n) is 15.5. The summed E-state index contributed by atoms with van der Waals surface area (Å²) in [7, 11) is 0. The molecule has 0 saturated heterocycles. The Hall–Kier alpha value is -1.94. The summed E-state index contributed by atoms with van der Waals surface area (Å²) in [6.07, 6.45) is -17.9. The maximum Gasteiger partial charge on any atom is 0.460 e. The Bertz CT molecular complexity index is 836. The van der Waals surface area contributed by atoms with E-state index in [2.05, 4.69) is 0 Å². The zero-order chi connectivity index (χ0) is 26.7. The molecule has 0 aliphatic carbocycles. The molecule has 0 spiro atoms. The summed E-state index contributed by atoms with van der Waals surface area (Å²) in [5.41, 5.74) is -6.71. The number of rotatable bonds is 7. The molecule has 1 unspecified atom stereocenters. The second kappa shape index (κ2) is 7.80. The molecule has 1 aromatic carbocycles. The van der Waals surface area contributed by atoms with Crippen molar-refractivity contribution >= 4 is 0 Å². The lowest BCUT2D eigenvalue weighted by molar-refractivity contribution is -0.443. The van der Waals surface area contributed by atoms with Gasteiger partial charge in [-0.05, 0) is 12.5 Å². The van der Waals surface area contributed by atoms with E-state index in [1.807, 2.05) is 0 Å². The highest BCUT2D eigenvalue weighted by atomic mass is 19.4. The molecule has 0 aliphatic rings. The molecule has 0 aliphatic heterocycles. The lowest BCUT2D eigenvalue weighted by Crippen LogP contribution is -2.70. The van der Waals surface area contributed by atoms with Gasteiger partial charge in [0, 0.05) is 0 Å². The minimum atomic E-state index is -8.26. The Labute approximate surface area is 173 Å². The second-order valence-electron chi connectivity index (χ2n) is 6.90. The maximum atomic E-state index is 14.0. The van der Waals surface area contributed by atoms with Crippen LogP contribution in [0.3, 0.4) is 0 Å². The highest BCUT2D eigenvalue weighted by molar-refractivity contribution is 5.29. The van der Waals surface area contributed by atoms with Crippen molar-refractivity contribution in [1.82, 2.24) is 0 Å². The van der Waals surface area contributed by atoms with E-state index in [4.69, 9.17) is 0 Å². The highest BCUT2D eigenvalue weighted by Gasteiger charge is 2.91. The third-order valence-corrected chi connectivity index (χ3v) is 4.47. The summed E-state index contributed by atoms with van der Waals surface area (Å²) in [4.78, 5) is 0. The SMILES string of the molecule is Cc1ccc(C(O)(CC(F)(F)C(F)(F)C(F)(F)C(F)(F)C(F)(F)C(F)(F)F)C(F)(F)F)cc1. The van der Waals surface area contributed by atoms with Crippen LogP contribution in [0.25, 0.3) is 0 Å². The maximum absolute atomic E-state index is 14.0. The average Bonchev–Trinajstić information content (AvgIpc) is 2.59. The fraction of sp³-hybridized carbons (Fsp3) is 0.625. The number of hydrogen-bond donors (Lipinski definition) is 1. The Morgan fingerprint density at radius 2 is 0.909 bits per heavy atom. The first kappa shape index (κ1) is 29.1. The minimum absolute atomic E-state index is 0.112. The predicted octanol–water partition coefficient (Wildman–Crippen LogP) is 6.87. The van der Waals surface area contributed by atoms with Gasteiger partial charge < -0.3 is 5.11 Å². The summed E-state index contributed by atoms with van der Waals surface area (Å²) >= 11 is 0. The number of aryl methyl sites for hydroxylation is 1. The summed E-state index contributed by atoms with van der Waals surface area (Å²) < 4.78 is 210. The van der Waals surface area contributed by atoms with Gasteiger partial charge in [0.15, 0.2) is 5.60 Å². The monoisotopic (exact) mass is 522 g/mol. The fourth-order valence-electron chi connectivity index (χ4n) is 2.43.